The fourth-order valence-electron chi connectivity index (χ4n) is 3.51. The minimum atomic E-state index is -4.74. The van der Waals surface area contributed by atoms with Crippen molar-refractivity contribution in [3.05, 3.63) is 83.4 Å². The molecule has 2 aromatic carbocycles. The molecular formula is C24H22F3N3O3. The average Bonchev–Trinajstić information content (AvgIpc) is 3.26. The van der Waals surface area contributed by atoms with Gasteiger partial charge in [0.25, 0.3) is 5.89 Å². The van der Waals surface area contributed by atoms with Crippen molar-refractivity contribution in [3.63, 3.8) is 0 Å². The lowest BCUT2D eigenvalue weighted by Gasteiger charge is -2.28. The van der Waals surface area contributed by atoms with Gasteiger partial charge in [-0.1, -0.05) is 35.5 Å². The number of methoxy groups -OCH3 is 1. The molecule has 0 radical (unpaired) electrons. The first kappa shape index (κ1) is 22.6. The molecule has 172 valence electrons. The van der Waals surface area contributed by atoms with E-state index >= 15 is 0 Å². The zero-order valence-electron chi connectivity index (χ0n) is 18.1. The number of alkyl halides is 3. The van der Waals surface area contributed by atoms with Gasteiger partial charge in [0.1, 0.15) is 5.75 Å². The number of benzene rings is 2. The Morgan fingerprint density at radius 2 is 1.82 bits per heavy atom. The molecule has 0 saturated carbocycles. The second-order valence-electron chi connectivity index (χ2n) is 7.60. The molecule has 0 saturated heterocycles. The molecule has 2 heterocycles. The predicted octanol–water partition coefficient (Wildman–Crippen LogP) is 5.58. The Morgan fingerprint density at radius 1 is 1.06 bits per heavy atom. The van der Waals surface area contributed by atoms with Gasteiger partial charge in [-0.25, -0.2) is 0 Å². The van der Waals surface area contributed by atoms with E-state index in [1.165, 1.54) is 24.3 Å². The van der Waals surface area contributed by atoms with Crippen LogP contribution in [0.3, 0.4) is 0 Å². The van der Waals surface area contributed by atoms with Crippen LogP contribution in [0.1, 0.15) is 23.9 Å². The molecule has 9 heteroatoms. The minimum Gasteiger partial charge on any atom is -0.406 e. The highest BCUT2D eigenvalue weighted by atomic mass is 19.4. The Balaban J connectivity index is 1.46. The predicted molar refractivity (Wildman–Crippen MR) is 116 cm³/mol. The second-order valence-corrected chi connectivity index (χ2v) is 7.60. The summed E-state index contributed by atoms with van der Waals surface area (Å²) in [6, 6.07) is 13.6. The van der Waals surface area contributed by atoms with E-state index < -0.39 is 6.36 Å². The van der Waals surface area contributed by atoms with Crippen LogP contribution < -0.4 is 4.74 Å². The number of aromatic nitrogens is 2. The Kier molecular flexibility index (Phi) is 6.50. The van der Waals surface area contributed by atoms with Crippen molar-refractivity contribution in [1.82, 2.24) is 15.0 Å². The smallest absolute Gasteiger partial charge is 0.406 e. The molecule has 0 fully saturated rings. The molecule has 0 spiro atoms. The Labute approximate surface area is 188 Å². The topological polar surface area (TPSA) is 60.6 Å². The fourth-order valence-corrected chi connectivity index (χ4v) is 3.51. The summed E-state index contributed by atoms with van der Waals surface area (Å²) in [6.07, 6.45) is -0.813. The highest BCUT2D eigenvalue weighted by Gasteiger charge is 2.31. The van der Waals surface area contributed by atoms with Crippen molar-refractivity contribution in [3.8, 4) is 17.1 Å². The van der Waals surface area contributed by atoms with Crippen molar-refractivity contribution in [2.45, 2.75) is 26.4 Å². The van der Waals surface area contributed by atoms with E-state index in [1.54, 1.807) is 7.11 Å². The van der Waals surface area contributed by atoms with Gasteiger partial charge >= 0.3 is 6.36 Å². The fraction of sp³-hybridized carbons (Fsp3) is 0.250. The van der Waals surface area contributed by atoms with Crippen LogP contribution in [0.5, 0.6) is 5.75 Å². The molecular weight excluding hydrogens is 435 g/mol. The number of halogens is 3. The van der Waals surface area contributed by atoms with Crippen molar-refractivity contribution < 1.29 is 27.2 Å². The number of rotatable bonds is 7. The second kappa shape index (κ2) is 9.50. The maximum absolute atomic E-state index is 12.3. The Morgan fingerprint density at radius 3 is 2.55 bits per heavy atom. The van der Waals surface area contributed by atoms with Crippen molar-refractivity contribution in [2.24, 2.45) is 0 Å². The van der Waals surface area contributed by atoms with Crippen LogP contribution in [-0.2, 0) is 17.9 Å². The molecule has 0 N–H and O–H groups in total. The summed E-state index contributed by atoms with van der Waals surface area (Å²) in [7, 11) is 1.67. The summed E-state index contributed by atoms with van der Waals surface area (Å²) in [5, 5.41) is 3.98. The van der Waals surface area contributed by atoms with Crippen LogP contribution >= 0.6 is 0 Å². The molecule has 0 unspecified atom stereocenters. The molecule has 0 bridgehead atoms. The monoisotopic (exact) mass is 457 g/mol. The van der Waals surface area contributed by atoms with Gasteiger partial charge in [-0.3, -0.25) is 0 Å². The standard InChI is InChI=1S/C24H22F3N3O3/c1-16-6-7-20(14-30(16)13-17-4-3-5-18(12-17)15-31-2)23-28-22(29-33-23)19-8-10-21(11-9-19)32-24(25,26)27/h3-12H,13-15H2,1-2H3. The molecule has 4 rings (SSSR count). The summed E-state index contributed by atoms with van der Waals surface area (Å²) >= 11 is 0. The van der Waals surface area contributed by atoms with Crippen LogP contribution in [-0.4, -0.2) is 35.1 Å². The maximum Gasteiger partial charge on any atom is 0.573 e. The number of hydrogen-bond donors (Lipinski definition) is 0. The van der Waals surface area contributed by atoms with Crippen molar-refractivity contribution in [2.75, 3.05) is 13.7 Å². The van der Waals surface area contributed by atoms with Crippen molar-refractivity contribution in [1.29, 1.82) is 0 Å². The third kappa shape index (κ3) is 5.81. The molecule has 0 aliphatic carbocycles. The molecule has 3 aromatic rings. The number of allylic oxidation sites excluding steroid dienone is 3. The number of ether oxygens (including phenoxy) is 2. The molecule has 6 nitrogen and oxygen atoms in total. The lowest BCUT2D eigenvalue weighted by atomic mass is 10.1. The van der Waals surface area contributed by atoms with Crippen LogP contribution in [0.4, 0.5) is 13.2 Å². The number of nitrogens with zero attached hydrogens (tertiary/aromatic N) is 3. The largest absolute Gasteiger partial charge is 0.573 e. The van der Waals surface area contributed by atoms with Gasteiger partial charge < -0.3 is 18.9 Å². The van der Waals surface area contributed by atoms with Gasteiger partial charge in [-0.05, 0) is 48.4 Å². The van der Waals surface area contributed by atoms with E-state index in [2.05, 4.69) is 31.9 Å². The average molecular weight is 457 g/mol. The van der Waals surface area contributed by atoms with Gasteiger partial charge in [0.05, 0.1) is 6.61 Å². The number of hydrogen-bond acceptors (Lipinski definition) is 6. The Hall–Kier alpha value is -3.59. The summed E-state index contributed by atoms with van der Waals surface area (Å²) in [6.45, 7) is 3.88. The van der Waals surface area contributed by atoms with Crippen LogP contribution in [0.25, 0.3) is 17.0 Å². The van der Waals surface area contributed by atoms with Gasteiger partial charge in [0.2, 0.25) is 5.82 Å². The van der Waals surface area contributed by atoms with E-state index in [4.69, 9.17) is 9.26 Å². The molecule has 0 atom stereocenters. The molecule has 1 aromatic heterocycles. The first-order chi connectivity index (χ1) is 15.8. The van der Waals surface area contributed by atoms with Gasteiger partial charge in [0.15, 0.2) is 0 Å². The zero-order chi connectivity index (χ0) is 23.4. The highest BCUT2D eigenvalue weighted by Crippen LogP contribution is 2.28. The highest BCUT2D eigenvalue weighted by molar-refractivity contribution is 5.66. The molecule has 1 aliphatic heterocycles. The van der Waals surface area contributed by atoms with Crippen molar-refractivity contribution >= 4 is 5.57 Å². The lowest BCUT2D eigenvalue weighted by Crippen LogP contribution is -2.25. The normalized spacial score (nSPS) is 14.2. The van der Waals surface area contributed by atoms with Gasteiger partial charge in [0, 0.05) is 37.0 Å². The van der Waals surface area contributed by atoms with E-state index in [9.17, 15) is 13.2 Å². The summed E-state index contributed by atoms with van der Waals surface area (Å²) in [5.74, 6) is 0.341. The quantitative estimate of drug-likeness (QED) is 0.461. The SMILES string of the molecule is COCc1cccc(CN2CC(c3nc(-c4ccc(OC(F)(F)F)cc4)no3)=CC=C2C)c1. The molecule has 0 amide bonds. The molecule has 1 aliphatic rings. The maximum atomic E-state index is 12.3. The summed E-state index contributed by atoms with van der Waals surface area (Å²) in [4.78, 5) is 6.63. The van der Waals surface area contributed by atoms with E-state index in [0.717, 1.165) is 22.4 Å². The minimum absolute atomic E-state index is 0.287. The van der Waals surface area contributed by atoms with Crippen LogP contribution in [0.2, 0.25) is 0 Å². The van der Waals surface area contributed by atoms with E-state index in [1.807, 2.05) is 31.2 Å². The zero-order valence-corrected chi connectivity index (χ0v) is 18.1. The third-order valence-electron chi connectivity index (χ3n) is 5.11. The summed E-state index contributed by atoms with van der Waals surface area (Å²) < 4.78 is 51.6. The Bertz CT molecular complexity index is 1170. The van der Waals surface area contributed by atoms with Gasteiger partial charge in [-0.15, -0.1) is 13.2 Å². The first-order valence-corrected chi connectivity index (χ1v) is 10.2. The van der Waals surface area contributed by atoms with E-state index in [-0.39, 0.29) is 11.6 Å². The third-order valence-corrected chi connectivity index (χ3v) is 5.11. The van der Waals surface area contributed by atoms with Gasteiger partial charge in [-0.2, -0.15) is 4.98 Å². The lowest BCUT2D eigenvalue weighted by molar-refractivity contribution is -0.274. The van der Waals surface area contributed by atoms with E-state index in [0.29, 0.717) is 31.2 Å². The van der Waals surface area contributed by atoms with Crippen LogP contribution in [0, 0.1) is 0 Å². The van der Waals surface area contributed by atoms with Crippen LogP contribution in [0.15, 0.2) is 70.9 Å². The summed E-state index contributed by atoms with van der Waals surface area (Å²) in [5.41, 5.74) is 4.75. The first-order valence-electron chi connectivity index (χ1n) is 10.2. The molecule has 33 heavy (non-hydrogen) atoms.